The van der Waals surface area contributed by atoms with Crippen LogP contribution in [0.4, 0.5) is 13.2 Å². The highest BCUT2D eigenvalue weighted by Crippen LogP contribution is 2.31. The van der Waals surface area contributed by atoms with Gasteiger partial charge in [0.2, 0.25) is 5.89 Å². The number of oxazole rings is 1. The van der Waals surface area contributed by atoms with E-state index in [2.05, 4.69) is 15.2 Å². The van der Waals surface area contributed by atoms with Crippen molar-refractivity contribution in [3.05, 3.63) is 42.0 Å². The summed E-state index contributed by atoms with van der Waals surface area (Å²) in [5.74, 6) is 0.886. The SMILES string of the molecule is CCc1ocnc1-c1nnc(-c2ccc(C(F)(F)F)cc2)o1. The molecule has 1 aromatic carbocycles. The maximum atomic E-state index is 12.5. The second kappa shape index (κ2) is 5.28. The van der Waals surface area contributed by atoms with E-state index in [1.54, 1.807) is 0 Å². The molecular weight excluding hydrogens is 299 g/mol. The van der Waals surface area contributed by atoms with Crippen LogP contribution in [0, 0.1) is 0 Å². The molecule has 0 aliphatic rings. The Morgan fingerprint density at radius 2 is 1.73 bits per heavy atom. The van der Waals surface area contributed by atoms with Crippen molar-refractivity contribution in [2.75, 3.05) is 0 Å². The Kier molecular flexibility index (Phi) is 3.44. The van der Waals surface area contributed by atoms with Gasteiger partial charge >= 0.3 is 6.18 Å². The van der Waals surface area contributed by atoms with Gasteiger partial charge in [0.25, 0.3) is 5.89 Å². The van der Waals surface area contributed by atoms with Crippen molar-refractivity contribution in [2.24, 2.45) is 0 Å². The fourth-order valence-electron chi connectivity index (χ4n) is 1.93. The molecule has 114 valence electrons. The summed E-state index contributed by atoms with van der Waals surface area (Å²) in [7, 11) is 0. The minimum absolute atomic E-state index is 0.119. The van der Waals surface area contributed by atoms with E-state index >= 15 is 0 Å². The Balaban J connectivity index is 1.91. The fraction of sp³-hybridized carbons (Fsp3) is 0.214. The van der Waals surface area contributed by atoms with Crippen LogP contribution in [-0.2, 0) is 12.6 Å². The Morgan fingerprint density at radius 3 is 2.36 bits per heavy atom. The van der Waals surface area contributed by atoms with E-state index in [-0.39, 0.29) is 11.8 Å². The van der Waals surface area contributed by atoms with E-state index in [9.17, 15) is 13.2 Å². The summed E-state index contributed by atoms with van der Waals surface area (Å²) < 4.78 is 48.2. The maximum absolute atomic E-state index is 12.5. The number of alkyl halides is 3. The number of aryl methyl sites for hydroxylation is 1. The highest BCUT2D eigenvalue weighted by atomic mass is 19.4. The molecule has 8 heteroatoms. The van der Waals surface area contributed by atoms with Gasteiger partial charge < -0.3 is 8.83 Å². The van der Waals surface area contributed by atoms with Gasteiger partial charge in [0.15, 0.2) is 12.1 Å². The molecule has 3 rings (SSSR count). The number of hydrogen-bond donors (Lipinski definition) is 0. The van der Waals surface area contributed by atoms with Gasteiger partial charge in [0, 0.05) is 12.0 Å². The van der Waals surface area contributed by atoms with Crippen LogP contribution >= 0.6 is 0 Å². The lowest BCUT2D eigenvalue weighted by molar-refractivity contribution is -0.137. The van der Waals surface area contributed by atoms with Crippen LogP contribution in [-0.4, -0.2) is 15.2 Å². The lowest BCUT2D eigenvalue weighted by Gasteiger charge is -2.05. The van der Waals surface area contributed by atoms with E-state index < -0.39 is 11.7 Å². The molecule has 0 saturated carbocycles. The van der Waals surface area contributed by atoms with E-state index in [1.165, 1.54) is 18.5 Å². The highest BCUT2D eigenvalue weighted by molar-refractivity contribution is 5.57. The van der Waals surface area contributed by atoms with Gasteiger partial charge in [-0.2, -0.15) is 13.2 Å². The number of benzene rings is 1. The summed E-state index contributed by atoms with van der Waals surface area (Å²) in [6.07, 6.45) is -2.50. The standard InChI is InChI=1S/C14H10F3N3O2/c1-2-10-11(18-7-21-10)13-20-19-12(22-13)8-3-5-9(6-4-8)14(15,16)17/h3-7H,2H2,1H3. The van der Waals surface area contributed by atoms with E-state index in [0.29, 0.717) is 23.4 Å². The van der Waals surface area contributed by atoms with Crippen LogP contribution in [0.2, 0.25) is 0 Å². The Labute approximate surface area is 122 Å². The molecule has 0 fully saturated rings. The topological polar surface area (TPSA) is 65.0 Å². The molecule has 0 amide bonds. The molecule has 0 bridgehead atoms. The summed E-state index contributed by atoms with van der Waals surface area (Å²) >= 11 is 0. The minimum atomic E-state index is -4.38. The molecule has 0 unspecified atom stereocenters. The Morgan fingerprint density at radius 1 is 1.05 bits per heavy atom. The average molecular weight is 309 g/mol. The number of rotatable bonds is 3. The predicted molar refractivity (Wildman–Crippen MR) is 69.6 cm³/mol. The smallest absolute Gasteiger partial charge is 0.416 e. The largest absolute Gasteiger partial charge is 0.448 e. The Hall–Kier alpha value is -2.64. The monoisotopic (exact) mass is 309 g/mol. The summed E-state index contributed by atoms with van der Waals surface area (Å²) in [6.45, 7) is 1.89. The summed E-state index contributed by atoms with van der Waals surface area (Å²) in [4.78, 5) is 4.00. The quantitative estimate of drug-likeness (QED) is 0.732. The molecule has 2 heterocycles. The van der Waals surface area contributed by atoms with Gasteiger partial charge in [0.05, 0.1) is 5.56 Å². The van der Waals surface area contributed by atoms with Crippen LogP contribution in [0.15, 0.2) is 39.5 Å². The zero-order chi connectivity index (χ0) is 15.7. The lowest BCUT2D eigenvalue weighted by Crippen LogP contribution is -2.03. The highest BCUT2D eigenvalue weighted by Gasteiger charge is 2.30. The molecule has 0 aliphatic heterocycles. The van der Waals surface area contributed by atoms with Crippen LogP contribution in [0.3, 0.4) is 0 Å². The maximum Gasteiger partial charge on any atom is 0.416 e. The molecule has 0 radical (unpaired) electrons. The molecule has 5 nitrogen and oxygen atoms in total. The van der Waals surface area contributed by atoms with Gasteiger partial charge in [-0.3, -0.25) is 0 Å². The van der Waals surface area contributed by atoms with Crippen molar-refractivity contribution in [2.45, 2.75) is 19.5 Å². The van der Waals surface area contributed by atoms with Gasteiger partial charge in [0.1, 0.15) is 5.76 Å². The van der Waals surface area contributed by atoms with Crippen molar-refractivity contribution in [3.63, 3.8) is 0 Å². The first-order valence-corrected chi connectivity index (χ1v) is 6.43. The van der Waals surface area contributed by atoms with Gasteiger partial charge in [-0.15, -0.1) is 10.2 Å². The van der Waals surface area contributed by atoms with E-state index in [4.69, 9.17) is 8.83 Å². The third kappa shape index (κ3) is 2.59. The van der Waals surface area contributed by atoms with E-state index in [0.717, 1.165) is 12.1 Å². The molecule has 3 aromatic rings. The van der Waals surface area contributed by atoms with Crippen LogP contribution in [0.1, 0.15) is 18.2 Å². The molecule has 0 aliphatic carbocycles. The Bertz CT molecular complexity index is 775. The number of nitrogens with zero attached hydrogens (tertiary/aromatic N) is 3. The summed E-state index contributed by atoms with van der Waals surface area (Å²) in [5.41, 5.74) is 0.0993. The van der Waals surface area contributed by atoms with Gasteiger partial charge in [-0.05, 0) is 24.3 Å². The first-order chi connectivity index (χ1) is 10.5. The number of aromatic nitrogens is 3. The average Bonchev–Trinajstić information content (AvgIpc) is 3.15. The molecule has 0 N–H and O–H groups in total. The summed E-state index contributed by atoms with van der Waals surface area (Å²) in [5, 5.41) is 7.68. The third-order valence-corrected chi connectivity index (χ3v) is 3.05. The molecular formula is C14H10F3N3O2. The van der Waals surface area contributed by atoms with Gasteiger partial charge in [-0.1, -0.05) is 6.92 Å². The molecule has 0 atom stereocenters. The van der Waals surface area contributed by atoms with E-state index in [1.807, 2.05) is 6.92 Å². The molecule has 0 saturated heterocycles. The predicted octanol–water partition coefficient (Wildman–Crippen LogP) is 3.97. The van der Waals surface area contributed by atoms with Gasteiger partial charge in [-0.25, -0.2) is 4.98 Å². The summed E-state index contributed by atoms with van der Waals surface area (Å²) in [6, 6.07) is 4.49. The van der Waals surface area contributed by atoms with Crippen molar-refractivity contribution in [1.82, 2.24) is 15.2 Å². The fourth-order valence-corrected chi connectivity index (χ4v) is 1.93. The zero-order valence-corrected chi connectivity index (χ0v) is 11.4. The second-order valence-corrected chi connectivity index (χ2v) is 4.47. The molecule has 2 aromatic heterocycles. The van der Waals surface area contributed by atoms with Crippen molar-refractivity contribution in [1.29, 1.82) is 0 Å². The molecule has 22 heavy (non-hydrogen) atoms. The first kappa shape index (κ1) is 14.3. The third-order valence-electron chi connectivity index (χ3n) is 3.05. The van der Waals surface area contributed by atoms with Crippen molar-refractivity contribution in [3.8, 4) is 23.0 Å². The van der Waals surface area contributed by atoms with Crippen LogP contribution in [0.25, 0.3) is 23.0 Å². The van der Waals surface area contributed by atoms with Crippen LogP contribution in [0.5, 0.6) is 0 Å². The minimum Gasteiger partial charge on any atom is -0.448 e. The normalized spacial score (nSPS) is 11.8. The zero-order valence-electron chi connectivity index (χ0n) is 11.4. The second-order valence-electron chi connectivity index (χ2n) is 4.47. The van der Waals surface area contributed by atoms with Crippen molar-refractivity contribution < 1.29 is 22.0 Å². The number of halogens is 3. The van der Waals surface area contributed by atoms with Crippen LogP contribution < -0.4 is 0 Å². The lowest BCUT2D eigenvalue weighted by atomic mass is 10.1. The molecule has 0 spiro atoms. The number of hydrogen-bond acceptors (Lipinski definition) is 5. The van der Waals surface area contributed by atoms with Crippen molar-refractivity contribution >= 4 is 0 Å². The first-order valence-electron chi connectivity index (χ1n) is 6.43.